The summed E-state index contributed by atoms with van der Waals surface area (Å²) in [6.07, 6.45) is 2.75. The molecule has 3 saturated heterocycles. The van der Waals surface area contributed by atoms with Crippen LogP contribution in [-0.2, 0) is 26.2 Å². The first-order valence-electron chi connectivity index (χ1n) is 20.0. The number of ketones is 1. The quantitative estimate of drug-likeness (QED) is 0.198. The highest BCUT2D eigenvalue weighted by Crippen LogP contribution is 2.46. The van der Waals surface area contributed by atoms with Gasteiger partial charge in [-0.05, 0) is 67.1 Å². The van der Waals surface area contributed by atoms with Crippen molar-refractivity contribution in [3.05, 3.63) is 93.7 Å². The number of imide groups is 2. The minimum atomic E-state index is -1.04. The van der Waals surface area contributed by atoms with Crippen molar-refractivity contribution >= 4 is 63.7 Å². The molecule has 5 amide bonds. The number of benzene rings is 3. The Balaban J connectivity index is 0.811. The molecule has 5 heterocycles. The molecule has 57 heavy (non-hydrogen) atoms. The first-order valence-corrected chi connectivity index (χ1v) is 21.0. The summed E-state index contributed by atoms with van der Waals surface area (Å²) < 4.78 is 0. The molecule has 1 aliphatic carbocycles. The number of nitrogens with one attached hydrogen (secondary N) is 2. The lowest BCUT2D eigenvalue weighted by Gasteiger charge is -2.44. The molecule has 3 aromatic carbocycles. The second-order valence-electron chi connectivity index (χ2n) is 16.3. The number of hydrogen-bond donors (Lipinski definition) is 2. The number of piperazine rings is 1. The van der Waals surface area contributed by atoms with E-state index in [-0.39, 0.29) is 46.8 Å². The van der Waals surface area contributed by atoms with Gasteiger partial charge in [-0.15, -0.1) is 11.8 Å². The number of H-pyrrole nitrogens is 1. The van der Waals surface area contributed by atoms with E-state index in [9.17, 15) is 28.8 Å². The zero-order chi connectivity index (χ0) is 39.7. The topological polar surface area (TPSA) is 143 Å². The Labute approximate surface area is 335 Å². The fourth-order valence-corrected chi connectivity index (χ4v) is 10.7. The van der Waals surface area contributed by atoms with Gasteiger partial charge in [0, 0.05) is 89.9 Å². The fourth-order valence-electron chi connectivity index (χ4n) is 9.67. The number of aromatic nitrogens is 1. The summed E-state index contributed by atoms with van der Waals surface area (Å²) in [7, 11) is 0. The lowest BCUT2D eigenvalue weighted by molar-refractivity contribution is -0.136. The number of thioether (sulfide) groups is 1. The van der Waals surface area contributed by atoms with Crippen molar-refractivity contribution in [2.24, 2.45) is 0 Å². The van der Waals surface area contributed by atoms with Gasteiger partial charge in [-0.3, -0.25) is 43.9 Å². The van der Waals surface area contributed by atoms with Crippen molar-refractivity contribution in [1.29, 1.82) is 0 Å². The second kappa shape index (κ2) is 14.3. The summed E-state index contributed by atoms with van der Waals surface area (Å²) in [6.45, 7) is 11.5. The molecule has 5 aliphatic rings. The van der Waals surface area contributed by atoms with Crippen LogP contribution in [-0.4, -0.2) is 112 Å². The molecule has 9 rings (SSSR count). The Morgan fingerprint density at radius 3 is 2.33 bits per heavy atom. The SMILES string of the molecule is CCc1cc2c(cc1N1CCN(C3CCN(C(=O)CSc4cccc5c4C(=O)N(C4CCC(=O)NC4=O)C5=O)CC3)CC1)C(C)(C)c1[nH]c3ccccc3c1C2=O. The van der Waals surface area contributed by atoms with Crippen LogP contribution >= 0.6 is 11.8 Å². The number of aromatic amines is 1. The monoisotopic (exact) mass is 786 g/mol. The van der Waals surface area contributed by atoms with Gasteiger partial charge in [0.25, 0.3) is 11.8 Å². The van der Waals surface area contributed by atoms with E-state index in [1.54, 1.807) is 18.2 Å². The maximum atomic E-state index is 14.0. The van der Waals surface area contributed by atoms with Gasteiger partial charge in [-0.1, -0.05) is 45.0 Å². The minimum absolute atomic E-state index is 0.0137. The third-order valence-electron chi connectivity index (χ3n) is 12.8. The van der Waals surface area contributed by atoms with E-state index in [2.05, 4.69) is 53.0 Å². The van der Waals surface area contributed by atoms with Crippen molar-refractivity contribution in [3.63, 3.8) is 0 Å². The maximum Gasteiger partial charge on any atom is 0.263 e. The van der Waals surface area contributed by atoms with E-state index in [1.807, 2.05) is 29.2 Å². The third kappa shape index (κ3) is 6.17. The lowest BCUT2D eigenvalue weighted by Crippen LogP contribution is -2.54. The van der Waals surface area contributed by atoms with E-state index in [0.717, 1.165) is 83.6 Å². The van der Waals surface area contributed by atoms with Gasteiger partial charge in [0.2, 0.25) is 17.7 Å². The number of amides is 5. The van der Waals surface area contributed by atoms with Crippen LogP contribution in [0.1, 0.15) is 99.9 Å². The number of aryl methyl sites for hydroxylation is 1. The van der Waals surface area contributed by atoms with E-state index >= 15 is 0 Å². The number of nitrogens with zero attached hydrogens (tertiary/aromatic N) is 4. The zero-order valence-corrected chi connectivity index (χ0v) is 33.3. The van der Waals surface area contributed by atoms with Crippen molar-refractivity contribution in [2.45, 2.75) is 75.3 Å². The van der Waals surface area contributed by atoms with Crippen LogP contribution in [0.15, 0.2) is 59.5 Å². The fraction of sp³-hybridized carbons (Fsp3) is 0.409. The Kier molecular flexibility index (Phi) is 9.35. The van der Waals surface area contributed by atoms with Gasteiger partial charge < -0.3 is 14.8 Å². The summed E-state index contributed by atoms with van der Waals surface area (Å²) in [4.78, 5) is 90.4. The molecule has 2 N–H and O–H groups in total. The average Bonchev–Trinajstić information content (AvgIpc) is 3.74. The molecule has 4 aromatic rings. The molecule has 294 valence electrons. The van der Waals surface area contributed by atoms with Crippen LogP contribution in [0.4, 0.5) is 5.69 Å². The summed E-state index contributed by atoms with van der Waals surface area (Å²) in [5.41, 5.74) is 7.13. The number of para-hydroxylation sites is 1. The molecule has 4 aliphatic heterocycles. The molecule has 1 aromatic heterocycles. The van der Waals surface area contributed by atoms with Gasteiger partial charge >= 0.3 is 0 Å². The number of carbonyl (C=O) groups is 6. The van der Waals surface area contributed by atoms with Crippen LogP contribution in [0.5, 0.6) is 0 Å². The van der Waals surface area contributed by atoms with Crippen molar-refractivity contribution in [3.8, 4) is 0 Å². The number of piperidine rings is 2. The molecule has 0 bridgehead atoms. The van der Waals surface area contributed by atoms with Gasteiger partial charge in [-0.2, -0.15) is 0 Å². The second-order valence-corrected chi connectivity index (χ2v) is 17.3. The Morgan fingerprint density at radius 1 is 0.842 bits per heavy atom. The molecule has 1 atom stereocenters. The molecular formula is C44H46N6O6S. The molecule has 0 saturated carbocycles. The van der Waals surface area contributed by atoms with Crippen LogP contribution < -0.4 is 10.2 Å². The normalized spacial score (nSPS) is 21.2. The molecule has 0 spiro atoms. The standard InChI is InChI=1S/C44H46N6O6S/c1-4-25-22-29-30(44(2,3)40-38(39(29)53)27-8-5-6-10-31(27)45-40)23-33(25)48-20-18-47(19-21-48)26-14-16-49(17-15-26)36(52)24-57-34-11-7-9-28-37(34)43(56)50(42(28)55)32-12-13-35(51)46-41(32)54/h5-11,22-23,26,32,45H,4,12-21,24H2,1-3H3,(H,46,51,54). The molecular weight excluding hydrogens is 741 g/mol. The maximum absolute atomic E-state index is 14.0. The average molecular weight is 787 g/mol. The zero-order valence-electron chi connectivity index (χ0n) is 32.5. The Hall–Kier alpha value is -5.27. The van der Waals surface area contributed by atoms with Crippen molar-refractivity contribution in [1.82, 2.24) is 25.0 Å². The number of hydrogen-bond acceptors (Lipinski definition) is 9. The van der Waals surface area contributed by atoms with E-state index < -0.39 is 29.7 Å². The van der Waals surface area contributed by atoms with Crippen molar-refractivity contribution in [2.75, 3.05) is 49.9 Å². The molecule has 1 unspecified atom stereocenters. The minimum Gasteiger partial charge on any atom is -0.369 e. The van der Waals surface area contributed by atoms with Crippen LogP contribution in [0.25, 0.3) is 10.9 Å². The highest BCUT2D eigenvalue weighted by molar-refractivity contribution is 8.00. The summed E-state index contributed by atoms with van der Waals surface area (Å²) in [5.74, 6) is -1.98. The molecule has 12 nitrogen and oxygen atoms in total. The van der Waals surface area contributed by atoms with Crippen LogP contribution in [0, 0.1) is 0 Å². The number of carbonyl (C=O) groups excluding carboxylic acids is 6. The Morgan fingerprint density at radius 2 is 1.60 bits per heavy atom. The number of likely N-dealkylation sites (tertiary alicyclic amines) is 1. The van der Waals surface area contributed by atoms with Gasteiger partial charge in [0.15, 0.2) is 5.78 Å². The van der Waals surface area contributed by atoms with E-state index in [1.165, 1.54) is 23.0 Å². The first-order chi connectivity index (χ1) is 27.5. The van der Waals surface area contributed by atoms with Gasteiger partial charge in [0.05, 0.1) is 22.4 Å². The van der Waals surface area contributed by atoms with Gasteiger partial charge in [0.1, 0.15) is 6.04 Å². The highest BCUT2D eigenvalue weighted by Gasteiger charge is 2.46. The molecule has 3 fully saturated rings. The summed E-state index contributed by atoms with van der Waals surface area (Å²) in [5, 5.41) is 3.21. The highest BCUT2D eigenvalue weighted by atomic mass is 32.2. The molecule has 13 heteroatoms. The lowest BCUT2D eigenvalue weighted by atomic mass is 9.70. The molecule has 0 radical (unpaired) electrons. The van der Waals surface area contributed by atoms with Gasteiger partial charge in [-0.25, -0.2) is 0 Å². The summed E-state index contributed by atoms with van der Waals surface area (Å²) in [6, 6.07) is 16.8. The van der Waals surface area contributed by atoms with Crippen LogP contribution in [0.3, 0.4) is 0 Å². The first kappa shape index (κ1) is 37.3. The number of fused-ring (bicyclic) bond motifs is 5. The Bertz CT molecular complexity index is 2390. The smallest absolute Gasteiger partial charge is 0.263 e. The largest absolute Gasteiger partial charge is 0.369 e. The number of rotatable bonds is 7. The van der Waals surface area contributed by atoms with E-state index in [4.69, 9.17) is 0 Å². The van der Waals surface area contributed by atoms with Crippen molar-refractivity contribution < 1.29 is 28.8 Å². The number of anilines is 1. The van der Waals surface area contributed by atoms with E-state index in [0.29, 0.717) is 24.0 Å². The predicted octanol–water partition coefficient (Wildman–Crippen LogP) is 4.91. The predicted molar refractivity (Wildman–Crippen MR) is 217 cm³/mol. The van der Waals surface area contributed by atoms with Crippen LogP contribution in [0.2, 0.25) is 0 Å². The summed E-state index contributed by atoms with van der Waals surface area (Å²) >= 11 is 1.24. The third-order valence-corrected chi connectivity index (χ3v) is 13.9.